The molecule has 6 heteroatoms. The Bertz CT molecular complexity index is 676. The van der Waals surface area contributed by atoms with Crippen LogP contribution in [0.1, 0.15) is 76.1 Å². The highest BCUT2D eigenvalue weighted by atomic mass is 32.1. The molecule has 2 amide bonds. The molecule has 1 fully saturated rings. The predicted molar refractivity (Wildman–Crippen MR) is 114 cm³/mol. The zero-order valence-corrected chi connectivity index (χ0v) is 17.4. The van der Waals surface area contributed by atoms with Crippen LogP contribution in [0.15, 0.2) is 24.3 Å². The van der Waals surface area contributed by atoms with Gasteiger partial charge in [-0.05, 0) is 57.5 Å². The van der Waals surface area contributed by atoms with Crippen molar-refractivity contribution in [3.63, 3.8) is 0 Å². The van der Waals surface area contributed by atoms with Gasteiger partial charge in [0.05, 0.1) is 11.3 Å². The van der Waals surface area contributed by atoms with Gasteiger partial charge in [-0.2, -0.15) is 0 Å². The van der Waals surface area contributed by atoms with Gasteiger partial charge in [-0.1, -0.05) is 44.2 Å². The SMILES string of the molecule is CC(C)(C)NC(=O)c1ccccc1NC(=S)NC(=O)CCC1CCCCC1. The zero-order chi connectivity index (χ0) is 19.9. The summed E-state index contributed by atoms with van der Waals surface area (Å²) in [5.74, 6) is 0.402. The van der Waals surface area contributed by atoms with Gasteiger partial charge in [0.1, 0.15) is 0 Å². The summed E-state index contributed by atoms with van der Waals surface area (Å²) in [6, 6.07) is 7.13. The molecule has 27 heavy (non-hydrogen) atoms. The van der Waals surface area contributed by atoms with Crippen molar-refractivity contribution < 1.29 is 9.59 Å². The van der Waals surface area contributed by atoms with Gasteiger partial charge in [-0.15, -0.1) is 0 Å². The van der Waals surface area contributed by atoms with Gasteiger partial charge >= 0.3 is 0 Å². The third kappa shape index (κ3) is 7.67. The van der Waals surface area contributed by atoms with E-state index in [2.05, 4.69) is 16.0 Å². The minimum Gasteiger partial charge on any atom is -0.347 e. The minimum atomic E-state index is -0.335. The van der Waals surface area contributed by atoms with Gasteiger partial charge < -0.3 is 16.0 Å². The third-order valence-corrected chi connectivity index (χ3v) is 4.87. The van der Waals surface area contributed by atoms with Crippen LogP contribution < -0.4 is 16.0 Å². The van der Waals surface area contributed by atoms with Crippen molar-refractivity contribution in [1.29, 1.82) is 0 Å². The molecule has 0 heterocycles. The van der Waals surface area contributed by atoms with E-state index in [0.29, 0.717) is 23.6 Å². The lowest BCUT2D eigenvalue weighted by atomic mass is 9.86. The monoisotopic (exact) mass is 389 g/mol. The van der Waals surface area contributed by atoms with Gasteiger partial charge in [0.25, 0.3) is 5.91 Å². The summed E-state index contributed by atoms with van der Waals surface area (Å²) in [4.78, 5) is 24.7. The van der Waals surface area contributed by atoms with Crippen LogP contribution in [0.2, 0.25) is 0 Å². The number of thiocarbonyl (C=S) groups is 1. The second-order valence-electron chi connectivity index (χ2n) is 8.29. The number of nitrogens with one attached hydrogen (secondary N) is 3. The summed E-state index contributed by atoms with van der Waals surface area (Å²) in [7, 11) is 0. The van der Waals surface area contributed by atoms with Crippen molar-refractivity contribution in [3.05, 3.63) is 29.8 Å². The predicted octanol–water partition coefficient (Wildman–Crippen LogP) is 4.39. The summed E-state index contributed by atoms with van der Waals surface area (Å²) in [5, 5.41) is 8.88. The first-order valence-corrected chi connectivity index (χ1v) is 10.2. The number of rotatable bonds is 5. The van der Waals surface area contributed by atoms with Crippen LogP contribution in [-0.4, -0.2) is 22.5 Å². The molecule has 0 aromatic heterocycles. The van der Waals surface area contributed by atoms with Crippen LogP contribution in [-0.2, 0) is 4.79 Å². The van der Waals surface area contributed by atoms with E-state index in [1.165, 1.54) is 32.1 Å². The van der Waals surface area contributed by atoms with Gasteiger partial charge in [0.2, 0.25) is 5.91 Å². The van der Waals surface area contributed by atoms with Crippen LogP contribution in [0.3, 0.4) is 0 Å². The topological polar surface area (TPSA) is 70.2 Å². The summed E-state index contributed by atoms with van der Waals surface area (Å²) >= 11 is 5.26. The highest BCUT2D eigenvalue weighted by Gasteiger charge is 2.19. The summed E-state index contributed by atoms with van der Waals surface area (Å²) in [6.07, 6.45) is 7.73. The standard InChI is InChI=1S/C21H31N3O2S/c1-21(2,3)24-19(26)16-11-7-8-12-17(16)22-20(27)23-18(25)14-13-15-9-5-4-6-10-15/h7-8,11-12,15H,4-6,9-10,13-14H2,1-3H3,(H,24,26)(H2,22,23,25,27). The zero-order valence-electron chi connectivity index (χ0n) is 16.6. The fourth-order valence-electron chi connectivity index (χ4n) is 3.35. The molecule has 0 saturated heterocycles. The van der Waals surface area contributed by atoms with Crippen LogP contribution >= 0.6 is 12.2 Å². The van der Waals surface area contributed by atoms with Gasteiger partial charge in [-0.3, -0.25) is 9.59 Å². The van der Waals surface area contributed by atoms with Gasteiger partial charge in [-0.25, -0.2) is 0 Å². The molecule has 1 aromatic rings. The van der Waals surface area contributed by atoms with E-state index in [1.807, 2.05) is 26.8 Å². The highest BCUT2D eigenvalue weighted by molar-refractivity contribution is 7.80. The van der Waals surface area contributed by atoms with Crippen LogP contribution in [0.4, 0.5) is 5.69 Å². The van der Waals surface area contributed by atoms with E-state index in [1.54, 1.807) is 18.2 Å². The lowest BCUT2D eigenvalue weighted by Crippen LogP contribution is -2.41. The fraction of sp³-hybridized carbons (Fsp3) is 0.571. The van der Waals surface area contributed by atoms with E-state index < -0.39 is 0 Å². The molecular formula is C21H31N3O2S. The van der Waals surface area contributed by atoms with E-state index in [-0.39, 0.29) is 22.5 Å². The summed E-state index contributed by atoms with van der Waals surface area (Å²) < 4.78 is 0. The Hall–Kier alpha value is -1.95. The molecule has 1 aliphatic carbocycles. The molecule has 5 nitrogen and oxygen atoms in total. The summed E-state index contributed by atoms with van der Waals surface area (Å²) in [5.41, 5.74) is 0.737. The molecule has 1 aliphatic rings. The Morgan fingerprint density at radius 1 is 1.11 bits per heavy atom. The molecule has 1 saturated carbocycles. The largest absolute Gasteiger partial charge is 0.347 e. The Morgan fingerprint density at radius 3 is 2.44 bits per heavy atom. The molecule has 2 rings (SSSR count). The second kappa shape index (κ2) is 9.83. The number of hydrogen-bond acceptors (Lipinski definition) is 3. The normalized spacial score (nSPS) is 15.1. The van der Waals surface area contributed by atoms with E-state index >= 15 is 0 Å². The highest BCUT2D eigenvalue weighted by Crippen LogP contribution is 2.27. The number of benzene rings is 1. The molecule has 1 aromatic carbocycles. The molecule has 0 unspecified atom stereocenters. The van der Waals surface area contributed by atoms with Crippen molar-refractivity contribution in [3.8, 4) is 0 Å². The maximum absolute atomic E-state index is 12.5. The quantitative estimate of drug-likeness (QED) is 0.653. The fourth-order valence-corrected chi connectivity index (χ4v) is 3.58. The molecule has 0 atom stereocenters. The number of carbonyl (C=O) groups excluding carboxylic acids is 2. The molecule has 3 N–H and O–H groups in total. The number of para-hydroxylation sites is 1. The Labute approximate surface area is 167 Å². The summed E-state index contributed by atoms with van der Waals surface area (Å²) in [6.45, 7) is 5.79. The minimum absolute atomic E-state index is 0.0744. The first-order chi connectivity index (χ1) is 12.7. The van der Waals surface area contributed by atoms with Crippen LogP contribution in [0.25, 0.3) is 0 Å². The van der Waals surface area contributed by atoms with Crippen molar-refractivity contribution in [2.75, 3.05) is 5.32 Å². The first-order valence-electron chi connectivity index (χ1n) is 9.77. The maximum atomic E-state index is 12.5. The van der Waals surface area contributed by atoms with Crippen LogP contribution in [0.5, 0.6) is 0 Å². The lowest BCUT2D eigenvalue weighted by molar-refractivity contribution is -0.120. The number of anilines is 1. The molecule has 0 spiro atoms. The average Bonchev–Trinajstić information content (AvgIpc) is 2.59. The molecule has 0 radical (unpaired) electrons. The van der Waals surface area contributed by atoms with Gasteiger partial charge in [0, 0.05) is 12.0 Å². The third-order valence-electron chi connectivity index (χ3n) is 4.67. The van der Waals surface area contributed by atoms with E-state index in [0.717, 1.165) is 6.42 Å². The van der Waals surface area contributed by atoms with Gasteiger partial charge in [0.15, 0.2) is 5.11 Å². The van der Waals surface area contributed by atoms with Crippen LogP contribution in [0, 0.1) is 5.92 Å². The molecule has 0 aliphatic heterocycles. The Balaban J connectivity index is 1.87. The molecule has 0 bridgehead atoms. The maximum Gasteiger partial charge on any atom is 0.253 e. The van der Waals surface area contributed by atoms with Crippen molar-refractivity contribution >= 4 is 34.8 Å². The van der Waals surface area contributed by atoms with Crippen molar-refractivity contribution in [1.82, 2.24) is 10.6 Å². The Kier molecular flexibility index (Phi) is 7.78. The lowest BCUT2D eigenvalue weighted by Gasteiger charge is -2.22. The number of hydrogen-bond donors (Lipinski definition) is 3. The van der Waals surface area contributed by atoms with Crippen molar-refractivity contribution in [2.45, 2.75) is 71.3 Å². The molecular weight excluding hydrogens is 358 g/mol. The number of amides is 2. The van der Waals surface area contributed by atoms with E-state index in [9.17, 15) is 9.59 Å². The van der Waals surface area contributed by atoms with Crippen molar-refractivity contribution in [2.24, 2.45) is 5.92 Å². The number of carbonyl (C=O) groups is 2. The average molecular weight is 390 g/mol. The Morgan fingerprint density at radius 2 is 1.78 bits per heavy atom. The smallest absolute Gasteiger partial charge is 0.253 e. The second-order valence-corrected chi connectivity index (χ2v) is 8.70. The molecule has 148 valence electrons. The first kappa shape index (κ1) is 21.4. The van der Waals surface area contributed by atoms with E-state index in [4.69, 9.17) is 12.2 Å².